The van der Waals surface area contributed by atoms with Gasteiger partial charge in [0.2, 0.25) is 11.8 Å². The van der Waals surface area contributed by atoms with Crippen molar-refractivity contribution in [2.45, 2.75) is 38.6 Å². The third kappa shape index (κ3) is 6.28. The molecule has 2 N–H and O–H groups in total. The molecule has 0 radical (unpaired) electrons. The van der Waals surface area contributed by atoms with Crippen molar-refractivity contribution < 1.29 is 33.0 Å². The molecule has 2 aromatic carbocycles. The van der Waals surface area contributed by atoms with Crippen molar-refractivity contribution in [3.63, 3.8) is 0 Å². The summed E-state index contributed by atoms with van der Waals surface area (Å²) in [7, 11) is 1.27. The first-order chi connectivity index (χ1) is 22.1. The fourth-order valence-electron chi connectivity index (χ4n) is 6.00. The first kappa shape index (κ1) is 31.8. The number of halogens is 3. The monoisotopic (exact) mass is 712 g/mol. The van der Waals surface area contributed by atoms with Crippen LogP contribution in [0.3, 0.4) is 0 Å². The summed E-state index contributed by atoms with van der Waals surface area (Å²) in [4.78, 5) is 45.7. The van der Waals surface area contributed by atoms with Crippen LogP contribution >= 0.6 is 27.5 Å². The molecular formula is C33H31BrClFN4O6. The van der Waals surface area contributed by atoms with Crippen molar-refractivity contribution >= 4 is 62.4 Å². The Bertz CT molecular complexity index is 1770. The second-order valence-corrected chi connectivity index (χ2v) is 12.6. The summed E-state index contributed by atoms with van der Waals surface area (Å²) in [5.74, 6) is -0.706. The maximum atomic E-state index is 15.1. The van der Waals surface area contributed by atoms with E-state index in [4.69, 9.17) is 30.8 Å². The Morgan fingerprint density at radius 2 is 1.96 bits per heavy atom. The molecule has 3 aromatic rings. The topological polar surface area (TPSA) is 119 Å². The summed E-state index contributed by atoms with van der Waals surface area (Å²) in [5, 5.41) is 5.65. The summed E-state index contributed by atoms with van der Waals surface area (Å²) in [6.07, 6.45) is 2.91. The first-order valence-electron chi connectivity index (χ1n) is 14.9. The van der Waals surface area contributed by atoms with Crippen LogP contribution in [0.25, 0.3) is 16.7 Å². The number of ether oxygens (including phenoxy) is 3. The van der Waals surface area contributed by atoms with Crippen molar-refractivity contribution in [1.82, 2.24) is 9.88 Å². The van der Waals surface area contributed by atoms with Crippen LogP contribution in [0.5, 0.6) is 11.6 Å². The van der Waals surface area contributed by atoms with Crippen molar-refractivity contribution in [2.24, 2.45) is 5.92 Å². The molecule has 10 nitrogen and oxygen atoms in total. The van der Waals surface area contributed by atoms with Gasteiger partial charge in [-0.25, -0.2) is 14.2 Å². The van der Waals surface area contributed by atoms with Crippen LogP contribution in [-0.4, -0.2) is 54.7 Å². The van der Waals surface area contributed by atoms with Gasteiger partial charge in [-0.2, -0.15) is 0 Å². The smallest absolute Gasteiger partial charge is 0.411 e. The highest BCUT2D eigenvalue weighted by Gasteiger charge is 2.33. The van der Waals surface area contributed by atoms with Crippen molar-refractivity contribution in [3.05, 3.63) is 69.0 Å². The number of benzene rings is 2. The highest BCUT2D eigenvalue weighted by molar-refractivity contribution is 9.10. The molecule has 0 saturated carbocycles. The molecular weight excluding hydrogens is 683 g/mol. The largest absolute Gasteiger partial charge is 0.484 e. The summed E-state index contributed by atoms with van der Waals surface area (Å²) >= 11 is 9.48. The summed E-state index contributed by atoms with van der Waals surface area (Å²) in [5.41, 5.74) is 3.53. The molecule has 0 saturated heterocycles. The van der Waals surface area contributed by atoms with Gasteiger partial charge in [-0.3, -0.25) is 14.9 Å². The molecule has 2 bridgehead atoms. The van der Waals surface area contributed by atoms with Gasteiger partial charge in [0.1, 0.15) is 19.0 Å². The molecule has 240 valence electrons. The predicted molar refractivity (Wildman–Crippen MR) is 174 cm³/mol. The Kier molecular flexibility index (Phi) is 9.19. The maximum absolute atomic E-state index is 15.1. The Balaban J connectivity index is 1.45. The highest BCUT2D eigenvalue weighted by Crippen LogP contribution is 2.46. The van der Waals surface area contributed by atoms with Crippen LogP contribution in [-0.2, 0) is 14.3 Å². The van der Waals surface area contributed by atoms with Crippen LogP contribution in [0.4, 0.5) is 20.6 Å². The van der Waals surface area contributed by atoms with Crippen LogP contribution in [0.2, 0.25) is 5.02 Å². The van der Waals surface area contributed by atoms with E-state index in [0.717, 1.165) is 0 Å². The zero-order valence-corrected chi connectivity index (χ0v) is 27.5. The number of pyridine rings is 1. The lowest BCUT2D eigenvalue weighted by Crippen LogP contribution is -2.38. The second-order valence-electron chi connectivity index (χ2n) is 11.3. The van der Waals surface area contributed by atoms with E-state index in [9.17, 15) is 14.4 Å². The molecule has 0 unspecified atom stereocenters. The van der Waals surface area contributed by atoms with Gasteiger partial charge in [-0.1, -0.05) is 46.9 Å². The van der Waals surface area contributed by atoms with E-state index >= 15 is 4.39 Å². The molecule has 1 aromatic heterocycles. The lowest BCUT2D eigenvalue weighted by Gasteiger charge is -2.35. The third-order valence-corrected chi connectivity index (χ3v) is 9.33. The summed E-state index contributed by atoms with van der Waals surface area (Å²) in [6.45, 7) is 2.76. The predicted octanol–water partition coefficient (Wildman–Crippen LogP) is 7.37. The molecule has 46 heavy (non-hydrogen) atoms. The summed E-state index contributed by atoms with van der Waals surface area (Å²) < 4.78 is 32.3. The molecule has 13 heteroatoms. The Morgan fingerprint density at radius 3 is 2.74 bits per heavy atom. The van der Waals surface area contributed by atoms with Crippen LogP contribution in [0.1, 0.15) is 49.9 Å². The average Bonchev–Trinajstić information content (AvgIpc) is 3.04. The molecule has 3 aliphatic rings. The SMILES string of the molecule is COC(=O)Nc1ccc2c(c1)NC(=O)[C@H](C)CCC[C@H](N1CCC(c3c(Br)ccc(Cl)c3F)=CC1=O)c1cc-2c2c(n1)OCCO2. The standard InChI is InChI=1S/C33H31BrClFN4O6/c1-17-4-3-5-26(40-11-10-18(14-27(40)41)28-22(34)8-9-23(35)29(28)36)25-16-21(30-32(39-25)46-13-12-45-30)20-7-6-19(37-33(43)44-2)15-24(20)38-31(17)42/h6-9,14-17,26H,3-5,10-13H2,1-2H3,(H,37,43)(H,38,42)/t17-,26+/m1/s1. The summed E-state index contributed by atoms with van der Waals surface area (Å²) in [6, 6.07) is 9.64. The number of methoxy groups -OCH3 is 1. The average molecular weight is 714 g/mol. The zero-order valence-electron chi connectivity index (χ0n) is 25.1. The van der Waals surface area contributed by atoms with E-state index in [0.29, 0.717) is 89.4 Å². The van der Waals surface area contributed by atoms with Crippen molar-refractivity contribution in [3.8, 4) is 22.8 Å². The van der Waals surface area contributed by atoms with Gasteiger partial charge in [-0.15, -0.1) is 0 Å². The van der Waals surface area contributed by atoms with E-state index in [1.54, 1.807) is 29.2 Å². The number of nitrogens with zero attached hydrogens (tertiary/aromatic N) is 2. The molecule has 6 rings (SSSR count). The Labute approximate surface area is 278 Å². The van der Waals surface area contributed by atoms with Crippen molar-refractivity contribution in [2.75, 3.05) is 37.5 Å². The zero-order chi connectivity index (χ0) is 32.5. The lowest BCUT2D eigenvalue weighted by atomic mass is 9.92. The van der Waals surface area contributed by atoms with Gasteiger partial charge < -0.3 is 24.4 Å². The molecule has 0 spiro atoms. The number of amides is 3. The number of nitrogens with one attached hydrogen (secondary N) is 2. The van der Waals surface area contributed by atoms with E-state index in [1.165, 1.54) is 19.3 Å². The highest BCUT2D eigenvalue weighted by atomic mass is 79.9. The van der Waals surface area contributed by atoms with E-state index in [1.807, 2.05) is 13.0 Å². The minimum Gasteiger partial charge on any atom is -0.484 e. The number of rotatable bonds is 3. The third-order valence-electron chi connectivity index (χ3n) is 8.38. The molecule has 0 aliphatic carbocycles. The van der Waals surface area contributed by atoms with Gasteiger partial charge in [0.05, 0.1) is 29.6 Å². The molecule has 3 aliphatic heterocycles. The fraction of sp³-hybridized carbons (Fsp3) is 0.333. The van der Waals surface area contributed by atoms with E-state index < -0.39 is 18.0 Å². The van der Waals surface area contributed by atoms with Crippen LogP contribution < -0.4 is 20.1 Å². The molecule has 4 heterocycles. The van der Waals surface area contributed by atoms with Gasteiger partial charge >= 0.3 is 6.09 Å². The minimum atomic E-state index is -0.648. The molecule has 3 amide bonds. The van der Waals surface area contributed by atoms with Gasteiger partial charge in [0, 0.05) is 45.4 Å². The van der Waals surface area contributed by atoms with Crippen LogP contribution in [0.15, 0.2) is 46.9 Å². The molecule has 0 fully saturated rings. The minimum absolute atomic E-state index is 0.0204. The van der Waals surface area contributed by atoms with Gasteiger partial charge in [-0.05, 0) is 55.2 Å². The number of aromatic nitrogens is 1. The Hall–Kier alpha value is -4.16. The maximum Gasteiger partial charge on any atom is 0.411 e. The van der Waals surface area contributed by atoms with Gasteiger partial charge in [0.25, 0.3) is 5.88 Å². The van der Waals surface area contributed by atoms with Gasteiger partial charge in [0.15, 0.2) is 5.75 Å². The van der Waals surface area contributed by atoms with E-state index in [-0.39, 0.29) is 34.2 Å². The number of carbonyl (C=O) groups excluding carboxylic acids is 3. The fourth-order valence-corrected chi connectivity index (χ4v) is 6.72. The number of carbonyl (C=O) groups is 3. The number of anilines is 2. The van der Waals surface area contributed by atoms with Crippen molar-refractivity contribution in [1.29, 1.82) is 0 Å². The Morgan fingerprint density at radius 1 is 1.15 bits per heavy atom. The second kappa shape index (κ2) is 13.3. The number of fused-ring (bicyclic) bond motifs is 6. The number of hydrogen-bond donors (Lipinski definition) is 2. The quantitative estimate of drug-likeness (QED) is 0.272. The lowest BCUT2D eigenvalue weighted by molar-refractivity contribution is -0.129. The van der Waals surface area contributed by atoms with E-state index in [2.05, 4.69) is 26.6 Å². The first-order valence-corrected chi connectivity index (χ1v) is 16.1. The molecule has 2 atom stereocenters. The van der Waals surface area contributed by atoms with Crippen LogP contribution in [0, 0.1) is 11.7 Å². The number of hydrogen-bond acceptors (Lipinski definition) is 7. The normalized spacial score (nSPS) is 19.6.